The van der Waals surface area contributed by atoms with Crippen molar-refractivity contribution in [2.75, 3.05) is 6.54 Å². The van der Waals surface area contributed by atoms with E-state index in [2.05, 4.69) is 41.7 Å². The fourth-order valence-corrected chi connectivity index (χ4v) is 3.75. The van der Waals surface area contributed by atoms with Gasteiger partial charge in [0, 0.05) is 34.1 Å². The van der Waals surface area contributed by atoms with Gasteiger partial charge >= 0.3 is 5.97 Å². The molecule has 1 N–H and O–H groups in total. The summed E-state index contributed by atoms with van der Waals surface area (Å²) in [6.45, 7) is 1.80. The standard InChI is InChI=1S/C14H18Br2N2O2/c15-10-7-12(16)13(17-8-10)9-18-6-2-1-3-11(18)4-5-14(19)20/h7-8,11H,1-6,9H2,(H,19,20). The zero-order chi connectivity index (χ0) is 14.5. The highest BCUT2D eigenvalue weighted by molar-refractivity contribution is 9.11. The molecule has 1 aliphatic rings. The summed E-state index contributed by atoms with van der Waals surface area (Å²) in [6.07, 6.45) is 6.23. The first-order valence-corrected chi connectivity index (χ1v) is 8.40. The van der Waals surface area contributed by atoms with Gasteiger partial charge in [-0.25, -0.2) is 0 Å². The zero-order valence-electron chi connectivity index (χ0n) is 11.2. The van der Waals surface area contributed by atoms with Crippen LogP contribution in [0.4, 0.5) is 0 Å². The Hall–Kier alpha value is -0.460. The average Bonchev–Trinajstić information content (AvgIpc) is 2.41. The first-order chi connectivity index (χ1) is 9.56. The molecule has 1 aliphatic heterocycles. The van der Waals surface area contributed by atoms with Gasteiger partial charge in [0.05, 0.1) is 5.69 Å². The second kappa shape index (κ2) is 7.52. The third kappa shape index (κ3) is 4.53. The molecule has 0 aromatic carbocycles. The van der Waals surface area contributed by atoms with Crippen LogP contribution >= 0.6 is 31.9 Å². The predicted octanol–water partition coefficient (Wildman–Crippen LogP) is 3.83. The molecule has 2 heterocycles. The summed E-state index contributed by atoms with van der Waals surface area (Å²) in [4.78, 5) is 17.6. The summed E-state index contributed by atoms with van der Waals surface area (Å²) in [5, 5.41) is 8.85. The van der Waals surface area contributed by atoms with Crippen molar-refractivity contribution >= 4 is 37.8 Å². The van der Waals surface area contributed by atoms with Crippen molar-refractivity contribution in [2.24, 2.45) is 0 Å². The highest BCUT2D eigenvalue weighted by Gasteiger charge is 2.23. The van der Waals surface area contributed by atoms with Crippen molar-refractivity contribution < 1.29 is 9.90 Å². The van der Waals surface area contributed by atoms with Gasteiger partial charge in [-0.2, -0.15) is 0 Å². The van der Waals surface area contributed by atoms with Crippen LogP contribution in [0.1, 0.15) is 37.8 Å². The molecule has 0 radical (unpaired) electrons. The van der Waals surface area contributed by atoms with E-state index in [0.717, 1.165) is 40.6 Å². The zero-order valence-corrected chi connectivity index (χ0v) is 14.4. The third-order valence-corrected chi connectivity index (χ3v) is 4.80. The van der Waals surface area contributed by atoms with Crippen molar-refractivity contribution in [2.45, 2.75) is 44.7 Å². The Morgan fingerprint density at radius 1 is 1.45 bits per heavy atom. The van der Waals surface area contributed by atoms with Crippen molar-refractivity contribution in [3.8, 4) is 0 Å². The number of rotatable bonds is 5. The van der Waals surface area contributed by atoms with E-state index in [1.807, 2.05) is 6.07 Å². The number of hydrogen-bond acceptors (Lipinski definition) is 3. The summed E-state index contributed by atoms with van der Waals surface area (Å²) in [5.74, 6) is -0.710. The number of likely N-dealkylation sites (tertiary alicyclic amines) is 1. The SMILES string of the molecule is O=C(O)CCC1CCCCN1Cc1ncc(Br)cc1Br. The second-order valence-electron chi connectivity index (χ2n) is 5.13. The molecule has 0 bridgehead atoms. The number of pyridine rings is 1. The van der Waals surface area contributed by atoms with Crippen LogP contribution in [0.3, 0.4) is 0 Å². The van der Waals surface area contributed by atoms with E-state index in [-0.39, 0.29) is 6.42 Å². The van der Waals surface area contributed by atoms with Crippen molar-refractivity contribution in [1.29, 1.82) is 0 Å². The molecule has 1 atom stereocenters. The van der Waals surface area contributed by atoms with Gasteiger partial charge in [0.15, 0.2) is 0 Å². The van der Waals surface area contributed by atoms with Gasteiger partial charge in [-0.1, -0.05) is 6.42 Å². The minimum atomic E-state index is -0.710. The summed E-state index contributed by atoms with van der Waals surface area (Å²) >= 11 is 6.95. The lowest BCUT2D eigenvalue weighted by Gasteiger charge is -2.35. The lowest BCUT2D eigenvalue weighted by molar-refractivity contribution is -0.137. The Bertz CT molecular complexity index is 482. The molecular formula is C14H18Br2N2O2. The third-order valence-electron chi connectivity index (χ3n) is 3.68. The lowest BCUT2D eigenvalue weighted by atomic mass is 9.97. The summed E-state index contributed by atoms with van der Waals surface area (Å²) in [6, 6.07) is 2.36. The molecule has 2 rings (SSSR count). The number of carboxylic acids is 1. The van der Waals surface area contributed by atoms with E-state index in [1.165, 1.54) is 12.8 Å². The van der Waals surface area contributed by atoms with Crippen molar-refractivity contribution in [3.05, 3.63) is 26.9 Å². The van der Waals surface area contributed by atoms with Gasteiger partial charge in [-0.15, -0.1) is 0 Å². The minimum absolute atomic E-state index is 0.246. The number of halogens is 2. The summed E-state index contributed by atoms with van der Waals surface area (Å²) in [7, 11) is 0. The normalized spacial score (nSPS) is 20.0. The number of aliphatic carboxylic acids is 1. The Balaban J connectivity index is 2.02. The topological polar surface area (TPSA) is 53.4 Å². The smallest absolute Gasteiger partial charge is 0.303 e. The van der Waals surface area contributed by atoms with Crippen LogP contribution in [0.5, 0.6) is 0 Å². The second-order valence-corrected chi connectivity index (χ2v) is 6.90. The predicted molar refractivity (Wildman–Crippen MR) is 84.6 cm³/mol. The molecule has 1 saturated heterocycles. The van der Waals surface area contributed by atoms with Crippen molar-refractivity contribution in [3.63, 3.8) is 0 Å². The molecule has 1 fully saturated rings. The Kier molecular flexibility index (Phi) is 5.99. The number of aromatic nitrogens is 1. The summed E-state index contributed by atoms with van der Waals surface area (Å²) in [5.41, 5.74) is 1.01. The molecule has 1 aromatic heterocycles. The van der Waals surface area contributed by atoms with E-state index < -0.39 is 5.97 Å². The molecular weight excluding hydrogens is 388 g/mol. The maximum Gasteiger partial charge on any atom is 0.303 e. The molecule has 1 aromatic rings. The average molecular weight is 406 g/mol. The van der Waals surface area contributed by atoms with Gasteiger partial charge in [-0.3, -0.25) is 14.7 Å². The fraction of sp³-hybridized carbons (Fsp3) is 0.571. The van der Waals surface area contributed by atoms with Crippen molar-refractivity contribution in [1.82, 2.24) is 9.88 Å². The maximum absolute atomic E-state index is 10.8. The molecule has 4 nitrogen and oxygen atoms in total. The Labute approximate surface area is 135 Å². The molecule has 0 saturated carbocycles. The molecule has 0 aliphatic carbocycles. The first-order valence-electron chi connectivity index (χ1n) is 6.82. The maximum atomic E-state index is 10.8. The Morgan fingerprint density at radius 2 is 2.25 bits per heavy atom. The molecule has 0 spiro atoms. The van der Waals surface area contributed by atoms with E-state index in [9.17, 15) is 4.79 Å². The highest BCUT2D eigenvalue weighted by Crippen LogP contribution is 2.26. The van der Waals surface area contributed by atoms with E-state index >= 15 is 0 Å². The molecule has 20 heavy (non-hydrogen) atoms. The van der Waals surface area contributed by atoms with Gasteiger partial charge in [-0.05, 0) is 63.7 Å². The monoisotopic (exact) mass is 404 g/mol. The fourth-order valence-electron chi connectivity index (χ4n) is 2.64. The number of hydrogen-bond donors (Lipinski definition) is 1. The van der Waals surface area contributed by atoms with Gasteiger partial charge < -0.3 is 5.11 Å². The number of carboxylic acid groups (broad SMARTS) is 1. The minimum Gasteiger partial charge on any atom is -0.481 e. The highest BCUT2D eigenvalue weighted by atomic mass is 79.9. The number of piperidine rings is 1. The van der Waals surface area contributed by atoms with Crippen LogP contribution < -0.4 is 0 Å². The van der Waals surface area contributed by atoms with Gasteiger partial charge in [0.2, 0.25) is 0 Å². The van der Waals surface area contributed by atoms with E-state index in [1.54, 1.807) is 6.20 Å². The summed E-state index contributed by atoms with van der Waals surface area (Å²) < 4.78 is 1.95. The Morgan fingerprint density at radius 3 is 2.95 bits per heavy atom. The van der Waals surface area contributed by atoms with Crippen LogP contribution in [-0.4, -0.2) is 33.5 Å². The first kappa shape index (κ1) is 15.9. The molecule has 1 unspecified atom stereocenters. The van der Waals surface area contributed by atoms with Crippen LogP contribution in [0.2, 0.25) is 0 Å². The van der Waals surface area contributed by atoms with E-state index in [0.29, 0.717) is 6.04 Å². The van der Waals surface area contributed by atoms with Gasteiger partial charge in [0.25, 0.3) is 0 Å². The molecule has 0 amide bonds. The quantitative estimate of drug-likeness (QED) is 0.808. The molecule has 6 heteroatoms. The van der Waals surface area contributed by atoms with Crippen LogP contribution in [0.15, 0.2) is 21.2 Å². The largest absolute Gasteiger partial charge is 0.481 e. The van der Waals surface area contributed by atoms with Crippen LogP contribution in [0, 0.1) is 0 Å². The van der Waals surface area contributed by atoms with E-state index in [4.69, 9.17) is 5.11 Å². The van der Waals surface area contributed by atoms with Crippen LogP contribution in [-0.2, 0) is 11.3 Å². The van der Waals surface area contributed by atoms with Crippen LogP contribution in [0.25, 0.3) is 0 Å². The number of carbonyl (C=O) groups is 1. The lowest BCUT2D eigenvalue weighted by Crippen LogP contribution is -2.39. The van der Waals surface area contributed by atoms with Gasteiger partial charge in [0.1, 0.15) is 0 Å². The number of nitrogens with zero attached hydrogens (tertiary/aromatic N) is 2. The molecule has 110 valence electrons.